The Labute approximate surface area is 136 Å². The van der Waals surface area contributed by atoms with Crippen molar-refractivity contribution < 1.29 is 31.8 Å². The van der Waals surface area contributed by atoms with Crippen LogP contribution in [-0.4, -0.2) is 50.4 Å². The fraction of sp³-hybridized carbons (Fsp3) is 0.533. The normalized spacial score (nSPS) is 18.5. The second-order valence-electron chi connectivity index (χ2n) is 5.32. The molecule has 0 bridgehead atoms. The summed E-state index contributed by atoms with van der Waals surface area (Å²) in [5, 5.41) is 2.19. The van der Waals surface area contributed by atoms with Crippen molar-refractivity contribution in [1.29, 1.82) is 0 Å². The molecule has 5 nitrogen and oxygen atoms in total. The number of hydrogen-bond donors (Lipinski definition) is 1. The number of nitrogens with one attached hydrogen (secondary N) is 1. The summed E-state index contributed by atoms with van der Waals surface area (Å²) in [5.74, 6) is -1.50. The first kappa shape index (κ1) is 18.5. The number of alkyl halides is 3. The molecule has 0 aliphatic carbocycles. The van der Waals surface area contributed by atoms with E-state index in [2.05, 4.69) is 5.32 Å². The lowest BCUT2D eigenvalue weighted by Gasteiger charge is -2.33. The molecule has 1 atom stereocenters. The van der Waals surface area contributed by atoms with Crippen molar-refractivity contribution in [2.24, 2.45) is 0 Å². The molecule has 1 N–H and O–H groups in total. The summed E-state index contributed by atoms with van der Waals surface area (Å²) in [6.45, 7) is 1.29. The Bertz CT molecular complexity index is 580. The Kier molecular flexibility index (Phi) is 6.00. The molecule has 2 amide bonds. The molecule has 0 radical (unpaired) electrons. The summed E-state index contributed by atoms with van der Waals surface area (Å²) in [6.07, 6.45) is -4.47. The maximum atomic E-state index is 13.9. The molecule has 9 heteroatoms. The molecule has 1 saturated heterocycles. The Morgan fingerprint density at radius 1 is 1.46 bits per heavy atom. The zero-order valence-electron chi connectivity index (χ0n) is 13.0. The Hall–Kier alpha value is -1.87. The highest BCUT2D eigenvalue weighted by molar-refractivity contribution is 5.89. The summed E-state index contributed by atoms with van der Waals surface area (Å²) in [4.78, 5) is 13.6. The van der Waals surface area contributed by atoms with Gasteiger partial charge in [-0.15, -0.1) is 0 Å². The van der Waals surface area contributed by atoms with Gasteiger partial charge in [-0.2, -0.15) is 13.2 Å². The van der Waals surface area contributed by atoms with Gasteiger partial charge in [0.05, 0.1) is 24.0 Å². The average molecular weight is 350 g/mol. The van der Waals surface area contributed by atoms with Crippen molar-refractivity contribution in [2.45, 2.75) is 18.7 Å². The highest BCUT2D eigenvalue weighted by Gasteiger charge is 2.35. The van der Waals surface area contributed by atoms with E-state index in [4.69, 9.17) is 9.47 Å². The van der Waals surface area contributed by atoms with Crippen molar-refractivity contribution >= 4 is 11.7 Å². The van der Waals surface area contributed by atoms with Crippen molar-refractivity contribution in [1.82, 2.24) is 4.90 Å². The van der Waals surface area contributed by atoms with Gasteiger partial charge in [0.15, 0.2) is 5.82 Å². The Balaban J connectivity index is 2.04. The lowest BCUT2D eigenvalue weighted by molar-refractivity contribution is -0.139. The number of halogens is 4. The number of hydrogen-bond acceptors (Lipinski definition) is 3. The highest BCUT2D eigenvalue weighted by atomic mass is 19.4. The quantitative estimate of drug-likeness (QED) is 0.849. The van der Waals surface area contributed by atoms with Crippen LogP contribution in [0.4, 0.5) is 28.0 Å². The van der Waals surface area contributed by atoms with Crippen LogP contribution in [-0.2, 0) is 15.7 Å². The number of nitrogens with zero attached hydrogens (tertiary/aromatic N) is 1. The number of carbonyl (C=O) groups excluding carboxylic acids is 1. The summed E-state index contributed by atoms with van der Waals surface area (Å²) < 4.78 is 62.5. The van der Waals surface area contributed by atoms with Crippen molar-refractivity contribution in [3.63, 3.8) is 0 Å². The largest absolute Gasteiger partial charge is 0.419 e. The summed E-state index contributed by atoms with van der Waals surface area (Å²) in [5.41, 5.74) is -1.92. The number of anilines is 1. The van der Waals surface area contributed by atoms with Gasteiger partial charge in [0.25, 0.3) is 0 Å². The minimum absolute atomic E-state index is 0.226. The minimum atomic E-state index is -4.82. The van der Waals surface area contributed by atoms with Crippen molar-refractivity contribution in [3.05, 3.63) is 29.6 Å². The first-order valence-corrected chi connectivity index (χ1v) is 7.35. The topological polar surface area (TPSA) is 50.8 Å². The van der Waals surface area contributed by atoms with E-state index in [0.717, 1.165) is 12.1 Å². The first-order valence-electron chi connectivity index (χ1n) is 7.35. The number of carbonyl (C=O) groups is 1. The molecule has 1 heterocycles. The van der Waals surface area contributed by atoms with E-state index in [1.807, 2.05) is 0 Å². The monoisotopic (exact) mass is 350 g/mol. The zero-order chi connectivity index (χ0) is 17.7. The number of urea groups is 1. The van der Waals surface area contributed by atoms with Crippen molar-refractivity contribution in [3.8, 4) is 0 Å². The van der Waals surface area contributed by atoms with Gasteiger partial charge in [0.1, 0.15) is 0 Å². The number of morpholine rings is 1. The second kappa shape index (κ2) is 7.80. The third-order valence-electron chi connectivity index (χ3n) is 3.62. The summed E-state index contributed by atoms with van der Waals surface area (Å²) in [7, 11) is 1.55. The lowest BCUT2D eigenvalue weighted by atomic mass is 10.1. The van der Waals surface area contributed by atoms with Gasteiger partial charge in [-0.25, -0.2) is 9.18 Å². The van der Waals surface area contributed by atoms with Gasteiger partial charge < -0.3 is 19.7 Å². The third kappa shape index (κ3) is 4.57. The number of rotatable bonds is 4. The summed E-state index contributed by atoms with van der Waals surface area (Å²) >= 11 is 0. The van der Waals surface area contributed by atoms with Gasteiger partial charge >= 0.3 is 12.2 Å². The van der Waals surface area contributed by atoms with Crippen LogP contribution in [0, 0.1) is 5.82 Å². The second-order valence-corrected chi connectivity index (χ2v) is 5.32. The SMILES string of the molecule is COCCC1CN(C(=O)Nc2cccc(C(F)(F)F)c2F)CCO1. The van der Waals surface area contributed by atoms with Crippen LogP contribution >= 0.6 is 0 Å². The van der Waals surface area contributed by atoms with E-state index < -0.39 is 29.3 Å². The van der Waals surface area contributed by atoms with Gasteiger partial charge in [0.2, 0.25) is 0 Å². The average Bonchev–Trinajstić information content (AvgIpc) is 2.54. The maximum Gasteiger partial charge on any atom is 0.419 e. The van der Waals surface area contributed by atoms with E-state index in [0.29, 0.717) is 25.7 Å². The van der Waals surface area contributed by atoms with Crippen LogP contribution in [0.5, 0.6) is 0 Å². The minimum Gasteiger partial charge on any atom is -0.385 e. The zero-order valence-corrected chi connectivity index (χ0v) is 13.0. The predicted octanol–water partition coefficient (Wildman–Crippen LogP) is 3.11. The fourth-order valence-corrected chi connectivity index (χ4v) is 2.37. The molecule has 0 aromatic heterocycles. The number of amides is 2. The van der Waals surface area contributed by atoms with Crippen LogP contribution in [0.15, 0.2) is 18.2 Å². The van der Waals surface area contributed by atoms with Crippen molar-refractivity contribution in [2.75, 3.05) is 38.7 Å². The van der Waals surface area contributed by atoms with Crippen LogP contribution in [0.25, 0.3) is 0 Å². The van der Waals surface area contributed by atoms with Gasteiger partial charge in [0, 0.05) is 26.8 Å². The van der Waals surface area contributed by atoms with E-state index in [1.165, 1.54) is 4.90 Å². The molecule has 2 rings (SSSR count). The molecule has 134 valence electrons. The Morgan fingerprint density at radius 3 is 2.88 bits per heavy atom. The maximum absolute atomic E-state index is 13.9. The third-order valence-corrected chi connectivity index (χ3v) is 3.62. The van der Waals surface area contributed by atoms with Crippen LogP contribution in [0.2, 0.25) is 0 Å². The predicted molar refractivity (Wildman–Crippen MR) is 78.2 cm³/mol. The summed E-state index contributed by atoms with van der Waals surface area (Å²) in [6, 6.07) is 2.09. The van der Waals surface area contributed by atoms with E-state index in [1.54, 1.807) is 7.11 Å². The highest BCUT2D eigenvalue weighted by Crippen LogP contribution is 2.33. The smallest absolute Gasteiger partial charge is 0.385 e. The Morgan fingerprint density at radius 2 is 2.21 bits per heavy atom. The first-order chi connectivity index (χ1) is 11.3. The van der Waals surface area contributed by atoms with Crippen LogP contribution in [0.3, 0.4) is 0 Å². The van der Waals surface area contributed by atoms with Crippen LogP contribution < -0.4 is 5.32 Å². The van der Waals surface area contributed by atoms with Gasteiger partial charge in [-0.3, -0.25) is 0 Å². The molecule has 1 aromatic rings. The number of ether oxygens (including phenoxy) is 2. The standard InChI is InChI=1S/C15H18F4N2O3/c1-23-7-5-10-9-21(6-8-24-10)14(22)20-12-4-2-3-11(13(12)16)15(17,18)19/h2-4,10H,5-9H2,1H3,(H,20,22). The molecule has 24 heavy (non-hydrogen) atoms. The van der Waals surface area contributed by atoms with E-state index in [-0.39, 0.29) is 19.2 Å². The molecular weight excluding hydrogens is 332 g/mol. The van der Waals surface area contributed by atoms with Gasteiger partial charge in [-0.05, 0) is 18.6 Å². The molecule has 1 aliphatic rings. The number of benzene rings is 1. The van der Waals surface area contributed by atoms with Gasteiger partial charge in [-0.1, -0.05) is 6.07 Å². The fourth-order valence-electron chi connectivity index (χ4n) is 2.37. The molecule has 1 unspecified atom stereocenters. The molecule has 0 spiro atoms. The van der Waals surface area contributed by atoms with E-state index in [9.17, 15) is 22.4 Å². The molecule has 1 aromatic carbocycles. The van der Waals surface area contributed by atoms with Crippen LogP contribution in [0.1, 0.15) is 12.0 Å². The molecule has 1 aliphatic heterocycles. The molecule has 0 saturated carbocycles. The van der Waals surface area contributed by atoms with E-state index >= 15 is 0 Å². The molecule has 1 fully saturated rings. The number of methoxy groups -OCH3 is 1. The lowest BCUT2D eigenvalue weighted by Crippen LogP contribution is -2.47. The molecular formula is C15H18F4N2O3.